The van der Waals surface area contributed by atoms with Crippen LogP contribution < -0.4 is 4.74 Å². The summed E-state index contributed by atoms with van der Waals surface area (Å²) in [5, 5.41) is 20.6. The summed E-state index contributed by atoms with van der Waals surface area (Å²) in [6, 6.07) is 15.2. The second kappa shape index (κ2) is 7.82. The fraction of sp³-hybridized carbons (Fsp3) is 0.261. The Morgan fingerprint density at radius 2 is 1.86 bits per heavy atom. The van der Waals surface area contributed by atoms with Crippen molar-refractivity contribution in [2.75, 3.05) is 0 Å². The number of nitrogens with zero attached hydrogens (tertiary/aromatic N) is 1. The van der Waals surface area contributed by atoms with Gasteiger partial charge in [-0.15, -0.1) is 0 Å². The molecule has 0 amide bonds. The average Bonchev–Trinajstić information content (AvgIpc) is 3.18. The Labute approximate surface area is 169 Å². The zero-order valence-corrected chi connectivity index (χ0v) is 16.4. The molecule has 0 saturated heterocycles. The number of aliphatic hydroxyl groups is 1. The third-order valence-corrected chi connectivity index (χ3v) is 5.53. The minimum atomic E-state index is -0.895. The number of halogens is 1. The molecule has 2 N–H and O–H groups in total. The summed E-state index contributed by atoms with van der Waals surface area (Å²) >= 11 is 5.93. The summed E-state index contributed by atoms with van der Waals surface area (Å²) in [4.78, 5) is 4.15. The Balaban J connectivity index is 1.68. The molecule has 0 bridgehead atoms. The van der Waals surface area contributed by atoms with Crippen molar-refractivity contribution in [3.63, 3.8) is 0 Å². The lowest BCUT2D eigenvalue weighted by Crippen LogP contribution is -2.10. The van der Waals surface area contributed by atoms with Gasteiger partial charge >= 0.3 is 0 Å². The van der Waals surface area contributed by atoms with E-state index in [1.54, 1.807) is 6.07 Å². The molecule has 1 aromatic heterocycles. The van der Waals surface area contributed by atoms with E-state index in [9.17, 15) is 10.2 Å². The maximum atomic E-state index is 11.0. The van der Waals surface area contributed by atoms with Crippen LogP contribution in [0.4, 0.5) is 0 Å². The normalized spacial score (nSPS) is 14.0. The highest BCUT2D eigenvalue weighted by Crippen LogP contribution is 2.40. The summed E-state index contributed by atoms with van der Waals surface area (Å²) in [6.07, 6.45) is 1.97. The van der Waals surface area contributed by atoms with Crippen molar-refractivity contribution in [3.8, 4) is 11.5 Å². The summed E-state index contributed by atoms with van der Waals surface area (Å²) in [7, 11) is 0. The molecule has 3 aromatic rings. The van der Waals surface area contributed by atoms with Crippen LogP contribution in [0.2, 0.25) is 5.15 Å². The topological polar surface area (TPSA) is 62.6 Å². The van der Waals surface area contributed by atoms with E-state index < -0.39 is 6.10 Å². The second-order valence-corrected chi connectivity index (χ2v) is 7.50. The highest BCUT2D eigenvalue weighted by atomic mass is 35.5. The first-order chi connectivity index (χ1) is 13.5. The maximum absolute atomic E-state index is 11.0. The summed E-state index contributed by atoms with van der Waals surface area (Å²) < 4.78 is 6.14. The van der Waals surface area contributed by atoms with Gasteiger partial charge in [-0.3, -0.25) is 0 Å². The predicted octanol–water partition coefficient (Wildman–Crippen LogP) is 4.90. The molecule has 1 aliphatic rings. The van der Waals surface area contributed by atoms with Crippen molar-refractivity contribution in [1.82, 2.24) is 4.98 Å². The lowest BCUT2D eigenvalue weighted by molar-refractivity contribution is 0.213. The number of rotatable bonds is 5. The van der Waals surface area contributed by atoms with E-state index in [-0.39, 0.29) is 10.9 Å². The molecule has 1 heterocycles. The molecule has 0 spiro atoms. The quantitative estimate of drug-likeness (QED) is 0.603. The number of benzene rings is 2. The van der Waals surface area contributed by atoms with Gasteiger partial charge in [-0.1, -0.05) is 41.9 Å². The van der Waals surface area contributed by atoms with Crippen molar-refractivity contribution >= 4 is 11.6 Å². The van der Waals surface area contributed by atoms with Gasteiger partial charge in [-0.25, -0.2) is 4.98 Å². The minimum absolute atomic E-state index is 0.00587. The first kappa shape index (κ1) is 18.8. The Kier molecular flexibility index (Phi) is 5.25. The molecule has 0 saturated carbocycles. The molecule has 0 aliphatic heterocycles. The minimum Gasteiger partial charge on any atom is -0.505 e. The van der Waals surface area contributed by atoms with Crippen LogP contribution in [-0.2, 0) is 19.4 Å². The first-order valence-corrected chi connectivity index (χ1v) is 9.78. The van der Waals surface area contributed by atoms with Gasteiger partial charge in [0.05, 0.1) is 5.69 Å². The first-order valence-electron chi connectivity index (χ1n) is 9.40. The lowest BCUT2D eigenvalue weighted by Gasteiger charge is -2.21. The number of aryl methyl sites for hydroxylation is 1. The number of ether oxygens (including phenoxy) is 1. The highest BCUT2D eigenvalue weighted by molar-refractivity contribution is 6.30. The van der Waals surface area contributed by atoms with Crippen LogP contribution in [0.15, 0.2) is 48.5 Å². The van der Waals surface area contributed by atoms with Crippen LogP contribution in [0.25, 0.3) is 0 Å². The zero-order valence-electron chi connectivity index (χ0n) is 15.7. The number of aromatic hydroxyl groups is 1. The fourth-order valence-electron chi connectivity index (χ4n) is 3.90. The molecular weight excluding hydrogens is 374 g/mol. The Morgan fingerprint density at radius 3 is 2.61 bits per heavy atom. The van der Waals surface area contributed by atoms with Gasteiger partial charge in [0.15, 0.2) is 10.9 Å². The van der Waals surface area contributed by atoms with Crippen LogP contribution in [0.5, 0.6) is 11.5 Å². The van der Waals surface area contributed by atoms with E-state index in [1.807, 2.05) is 43.3 Å². The fourth-order valence-corrected chi connectivity index (χ4v) is 4.06. The number of aliphatic hydroxyl groups excluding tert-OH is 1. The molecule has 2 aromatic carbocycles. The maximum Gasteiger partial charge on any atom is 0.171 e. The molecule has 5 heteroatoms. The van der Waals surface area contributed by atoms with Crippen molar-refractivity contribution in [1.29, 1.82) is 0 Å². The number of aromatic nitrogens is 1. The standard InChI is InChI=1S/C23H22ClNO3/c1-14-12-20(28-13-15-6-3-2-4-7-15)16-8-5-9-17(16)21(14)22(27)18-10-11-19(26)23(24)25-18/h2-4,6-7,10-12,22,26-27H,5,8-9,13H2,1H3. The van der Waals surface area contributed by atoms with E-state index >= 15 is 0 Å². The van der Waals surface area contributed by atoms with Crippen LogP contribution >= 0.6 is 11.6 Å². The third-order valence-electron chi connectivity index (χ3n) is 5.25. The van der Waals surface area contributed by atoms with Crippen molar-refractivity contribution in [2.45, 2.75) is 38.9 Å². The molecule has 0 radical (unpaired) electrons. The van der Waals surface area contributed by atoms with Crippen LogP contribution in [0.1, 0.15) is 46.0 Å². The predicted molar refractivity (Wildman–Crippen MR) is 109 cm³/mol. The molecule has 0 fully saturated rings. The number of pyridine rings is 1. The molecule has 1 atom stereocenters. The highest BCUT2D eigenvalue weighted by Gasteiger charge is 2.27. The molecule has 4 nitrogen and oxygen atoms in total. The van der Waals surface area contributed by atoms with E-state index in [0.717, 1.165) is 47.3 Å². The van der Waals surface area contributed by atoms with Crippen molar-refractivity contribution in [3.05, 3.63) is 87.2 Å². The smallest absolute Gasteiger partial charge is 0.171 e. The van der Waals surface area contributed by atoms with E-state index in [4.69, 9.17) is 16.3 Å². The van der Waals surface area contributed by atoms with E-state index in [1.165, 1.54) is 11.6 Å². The molecular formula is C23H22ClNO3. The second-order valence-electron chi connectivity index (χ2n) is 7.14. The summed E-state index contributed by atoms with van der Waals surface area (Å²) in [5.74, 6) is 0.797. The van der Waals surface area contributed by atoms with E-state index in [2.05, 4.69) is 4.98 Å². The van der Waals surface area contributed by atoms with Gasteiger partial charge in [0.1, 0.15) is 18.5 Å². The van der Waals surface area contributed by atoms with Crippen LogP contribution in [0, 0.1) is 6.92 Å². The van der Waals surface area contributed by atoms with Gasteiger partial charge < -0.3 is 14.9 Å². The van der Waals surface area contributed by atoms with Crippen LogP contribution in [0.3, 0.4) is 0 Å². The zero-order chi connectivity index (χ0) is 19.7. The molecule has 1 aliphatic carbocycles. The summed E-state index contributed by atoms with van der Waals surface area (Å²) in [6.45, 7) is 2.50. The van der Waals surface area contributed by atoms with Gasteiger partial charge in [0.2, 0.25) is 0 Å². The number of fused-ring (bicyclic) bond motifs is 1. The lowest BCUT2D eigenvalue weighted by atomic mass is 9.92. The Morgan fingerprint density at radius 1 is 1.11 bits per heavy atom. The Hall–Kier alpha value is -2.56. The Bertz CT molecular complexity index is 1000. The monoisotopic (exact) mass is 395 g/mol. The number of hydrogen-bond donors (Lipinski definition) is 2. The van der Waals surface area contributed by atoms with Gasteiger partial charge in [-0.05, 0) is 72.2 Å². The van der Waals surface area contributed by atoms with Crippen molar-refractivity contribution in [2.24, 2.45) is 0 Å². The van der Waals surface area contributed by atoms with Crippen LogP contribution in [-0.4, -0.2) is 15.2 Å². The van der Waals surface area contributed by atoms with Gasteiger partial charge in [-0.2, -0.15) is 0 Å². The number of hydrogen-bond acceptors (Lipinski definition) is 4. The van der Waals surface area contributed by atoms with Crippen molar-refractivity contribution < 1.29 is 14.9 Å². The van der Waals surface area contributed by atoms with Gasteiger partial charge in [0.25, 0.3) is 0 Å². The largest absolute Gasteiger partial charge is 0.505 e. The molecule has 1 unspecified atom stereocenters. The molecule has 28 heavy (non-hydrogen) atoms. The third kappa shape index (κ3) is 3.58. The summed E-state index contributed by atoms with van der Waals surface area (Å²) in [5.41, 5.74) is 5.69. The SMILES string of the molecule is Cc1cc(OCc2ccccc2)c2c(c1C(O)c1ccc(O)c(Cl)n1)CCC2. The average molecular weight is 396 g/mol. The van der Waals surface area contributed by atoms with E-state index in [0.29, 0.717) is 12.3 Å². The van der Waals surface area contributed by atoms with Gasteiger partial charge in [0, 0.05) is 0 Å². The molecule has 4 rings (SSSR count). The molecule has 144 valence electrons.